The molecule has 1 aromatic carbocycles. The summed E-state index contributed by atoms with van der Waals surface area (Å²) in [6, 6.07) is 7.82. The molecule has 2 fully saturated rings. The number of hydrogen-bond acceptors (Lipinski definition) is 6. The molecule has 3 rings (SSSR count). The molecule has 0 spiro atoms. The Balaban J connectivity index is 0.000000534. The van der Waals surface area contributed by atoms with Crippen LogP contribution in [0, 0.1) is 5.92 Å². The molecule has 0 aromatic heterocycles. The van der Waals surface area contributed by atoms with Crippen molar-refractivity contribution in [2.45, 2.75) is 18.9 Å². The number of amides is 1. The lowest BCUT2D eigenvalue weighted by molar-refractivity contribution is -0.159. The zero-order valence-electron chi connectivity index (χ0n) is 17.7. The van der Waals surface area contributed by atoms with Crippen LogP contribution in [-0.2, 0) is 19.1 Å². The number of carboxylic acid groups (broad SMARTS) is 2. The second-order valence-corrected chi connectivity index (χ2v) is 8.09. The minimum atomic E-state index is -1.82. The Kier molecular flexibility index (Phi) is 10.6. The smallest absolute Gasteiger partial charge is 0.414 e. The highest BCUT2D eigenvalue weighted by Crippen LogP contribution is 2.20. The van der Waals surface area contributed by atoms with Crippen molar-refractivity contribution in [1.82, 2.24) is 9.80 Å². The maximum absolute atomic E-state index is 12.5. The van der Waals surface area contributed by atoms with Crippen LogP contribution in [0.4, 0.5) is 0 Å². The zero-order valence-corrected chi connectivity index (χ0v) is 18.5. The molecule has 2 heterocycles. The minimum Gasteiger partial charge on any atom is -0.473 e. The van der Waals surface area contributed by atoms with Crippen LogP contribution in [0.3, 0.4) is 0 Å². The summed E-state index contributed by atoms with van der Waals surface area (Å²) in [6.07, 6.45) is 6.22. The molecule has 0 saturated carbocycles. The predicted octanol–water partition coefficient (Wildman–Crippen LogP) is 1.44. The second kappa shape index (κ2) is 13.2. The van der Waals surface area contributed by atoms with Gasteiger partial charge in [-0.2, -0.15) is 0 Å². The van der Waals surface area contributed by atoms with Crippen LogP contribution in [0.25, 0.3) is 6.08 Å². The molecule has 1 aromatic rings. The Morgan fingerprint density at radius 3 is 2.25 bits per heavy atom. The van der Waals surface area contributed by atoms with E-state index in [4.69, 9.17) is 36.1 Å². The van der Waals surface area contributed by atoms with Crippen molar-refractivity contribution >= 4 is 35.5 Å². The van der Waals surface area contributed by atoms with Crippen LogP contribution >= 0.6 is 11.6 Å². The Morgan fingerprint density at radius 1 is 1.06 bits per heavy atom. The SMILES string of the molecule is O=C(CN1CCOC(CO)C1)N1CCC(/C=C/c2ccc(Cl)cc2)CC1.O=C(O)C(=O)O. The molecule has 0 bridgehead atoms. The van der Waals surface area contributed by atoms with E-state index in [1.54, 1.807) is 0 Å². The Labute approximate surface area is 191 Å². The number of benzene rings is 1. The van der Waals surface area contributed by atoms with E-state index in [0.29, 0.717) is 25.6 Å². The number of hydrogen-bond donors (Lipinski definition) is 3. The van der Waals surface area contributed by atoms with Gasteiger partial charge >= 0.3 is 11.9 Å². The molecule has 2 aliphatic rings. The van der Waals surface area contributed by atoms with E-state index in [0.717, 1.165) is 43.1 Å². The van der Waals surface area contributed by atoms with Gasteiger partial charge in [-0.05, 0) is 36.5 Å². The molecule has 9 nitrogen and oxygen atoms in total. The van der Waals surface area contributed by atoms with Gasteiger partial charge in [-0.1, -0.05) is 35.9 Å². The van der Waals surface area contributed by atoms with E-state index in [-0.39, 0.29) is 18.6 Å². The predicted molar refractivity (Wildman–Crippen MR) is 118 cm³/mol. The monoisotopic (exact) mass is 468 g/mol. The number of aliphatic hydroxyl groups excluding tert-OH is 1. The first-order chi connectivity index (χ1) is 15.3. The maximum atomic E-state index is 12.5. The number of halogens is 1. The summed E-state index contributed by atoms with van der Waals surface area (Å²) in [7, 11) is 0. The fourth-order valence-corrected chi connectivity index (χ4v) is 3.61. The van der Waals surface area contributed by atoms with Crippen molar-refractivity contribution in [1.29, 1.82) is 0 Å². The molecule has 3 N–H and O–H groups in total. The van der Waals surface area contributed by atoms with Gasteiger partial charge in [0.15, 0.2) is 0 Å². The minimum absolute atomic E-state index is 0.00996. The molecule has 32 heavy (non-hydrogen) atoms. The maximum Gasteiger partial charge on any atom is 0.414 e. The number of morpholine rings is 1. The van der Waals surface area contributed by atoms with Gasteiger partial charge in [-0.25, -0.2) is 9.59 Å². The summed E-state index contributed by atoms with van der Waals surface area (Å²) >= 11 is 5.91. The number of carbonyl (C=O) groups excluding carboxylic acids is 1. The number of aliphatic hydroxyl groups is 1. The highest BCUT2D eigenvalue weighted by atomic mass is 35.5. The van der Waals surface area contributed by atoms with Gasteiger partial charge < -0.3 is 25.0 Å². The highest BCUT2D eigenvalue weighted by molar-refractivity contribution is 6.30. The molecule has 1 unspecified atom stereocenters. The van der Waals surface area contributed by atoms with E-state index in [1.807, 2.05) is 29.2 Å². The van der Waals surface area contributed by atoms with Crippen LogP contribution in [-0.4, -0.2) is 95.0 Å². The number of nitrogens with zero attached hydrogens (tertiary/aromatic N) is 2. The van der Waals surface area contributed by atoms with Crippen molar-refractivity contribution in [3.63, 3.8) is 0 Å². The lowest BCUT2D eigenvalue weighted by Crippen LogP contribution is -2.49. The number of rotatable bonds is 5. The van der Waals surface area contributed by atoms with E-state index in [9.17, 15) is 9.90 Å². The van der Waals surface area contributed by atoms with Gasteiger partial charge in [0.25, 0.3) is 0 Å². The first-order valence-corrected chi connectivity index (χ1v) is 10.8. The second-order valence-electron chi connectivity index (χ2n) is 7.65. The third-order valence-electron chi connectivity index (χ3n) is 5.29. The van der Waals surface area contributed by atoms with E-state index >= 15 is 0 Å². The van der Waals surface area contributed by atoms with Gasteiger partial charge in [0.05, 0.1) is 25.9 Å². The molecule has 0 radical (unpaired) electrons. The summed E-state index contributed by atoms with van der Waals surface area (Å²) < 4.78 is 5.44. The fraction of sp³-hybridized carbons (Fsp3) is 0.500. The largest absolute Gasteiger partial charge is 0.473 e. The number of carboxylic acids is 2. The molecular weight excluding hydrogens is 440 g/mol. The third-order valence-corrected chi connectivity index (χ3v) is 5.54. The first-order valence-electron chi connectivity index (χ1n) is 10.4. The van der Waals surface area contributed by atoms with Gasteiger partial charge in [0.1, 0.15) is 0 Å². The Bertz CT molecular complexity index is 780. The first kappa shape index (κ1) is 25.8. The number of ether oxygens (including phenoxy) is 1. The number of carbonyl (C=O) groups is 3. The average molecular weight is 469 g/mol. The average Bonchev–Trinajstić information content (AvgIpc) is 2.79. The molecule has 10 heteroatoms. The fourth-order valence-electron chi connectivity index (χ4n) is 3.49. The van der Waals surface area contributed by atoms with Crippen LogP contribution in [0.2, 0.25) is 5.02 Å². The quantitative estimate of drug-likeness (QED) is 0.554. The number of allylic oxidation sites excluding steroid dienone is 1. The van der Waals surface area contributed by atoms with E-state index in [1.165, 1.54) is 0 Å². The Morgan fingerprint density at radius 2 is 1.69 bits per heavy atom. The van der Waals surface area contributed by atoms with Crippen LogP contribution in [0.1, 0.15) is 18.4 Å². The molecular formula is C22H29ClN2O7. The molecule has 176 valence electrons. The lowest BCUT2D eigenvalue weighted by atomic mass is 9.95. The van der Waals surface area contributed by atoms with Crippen molar-refractivity contribution in [3.05, 3.63) is 40.9 Å². The van der Waals surface area contributed by atoms with Crippen LogP contribution in [0.5, 0.6) is 0 Å². The summed E-state index contributed by atoms with van der Waals surface area (Å²) in [5, 5.41) is 24.7. The van der Waals surface area contributed by atoms with Crippen LogP contribution in [0.15, 0.2) is 30.3 Å². The topological polar surface area (TPSA) is 128 Å². The van der Waals surface area contributed by atoms with E-state index < -0.39 is 11.9 Å². The normalized spacial score (nSPS) is 19.9. The summed E-state index contributed by atoms with van der Waals surface area (Å²) in [5.41, 5.74) is 1.15. The molecule has 2 saturated heterocycles. The number of aliphatic carboxylic acids is 2. The number of piperidine rings is 1. The molecule has 1 amide bonds. The van der Waals surface area contributed by atoms with Crippen LogP contribution < -0.4 is 0 Å². The standard InChI is InChI=1S/C20H27ClN2O3.C2H2O4/c21-18-5-3-16(4-6-18)1-2-17-7-9-23(10-8-17)20(25)14-22-11-12-26-19(13-22)15-24;3-1(4)2(5)6/h1-6,17,19,24H,7-15H2;(H,3,4)(H,5,6)/b2-1+;. The summed E-state index contributed by atoms with van der Waals surface area (Å²) in [4.78, 5) is 34.8. The van der Waals surface area contributed by atoms with Gasteiger partial charge in [0.2, 0.25) is 5.91 Å². The highest BCUT2D eigenvalue weighted by Gasteiger charge is 2.26. The van der Waals surface area contributed by atoms with Crippen molar-refractivity contribution < 1.29 is 34.4 Å². The van der Waals surface area contributed by atoms with Gasteiger partial charge in [0, 0.05) is 31.2 Å². The zero-order chi connectivity index (χ0) is 23.5. The van der Waals surface area contributed by atoms with Crippen molar-refractivity contribution in [3.8, 4) is 0 Å². The summed E-state index contributed by atoms with van der Waals surface area (Å²) in [6.45, 7) is 4.01. The third kappa shape index (κ3) is 8.96. The number of likely N-dealkylation sites (tertiary alicyclic amines) is 1. The van der Waals surface area contributed by atoms with Crippen molar-refractivity contribution in [2.75, 3.05) is 45.9 Å². The van der Waals surface area contributed by atoms with E-state index in [2.05, 4.69) is 17.1 Å². The molecule has 2 aliphatic heterocycles. The van der Waals surface area contributed by atoms with Crippen molar-refractivity contribution in [2.24, 2.45) is 5.92 Å². The summed E-state index contributed by atoms with van der Waals surface area (Å²) in [5.74, 6) is -2.95. The Hall–Kier alpha value is -2.46. The lowest BCUT2D eigenvalue weighted by Gasteiger charge is -2.35. The molecule has 1 atom stereocenters. The van der Waals surface area contributed by atoms with Gasteiger partial charge in [-0.15, -0.1) is 0 Å². The molecule has 0 aliphatic carbocycles. The van der Waals surface area contributed by atoms with Gasteiger partial charge in [-0.3, -0.25) is 9.69 Å².